The van der Waals surface area contributed by atoms with Crippen LogP contribution in [0.4, 0.5) is 0 Å². The quantitative estimate of drug-likeness (QED) is 0.927. The second-order valence-electron chi connectivity index (χ2n) is 5.28. The van der Waals surface area contributed by atoms with E-state index in [1.807, 2.05) is 23.1 Å². The van der Waals surface area contributed by atoms with Gasteiger partial charge in [-0.3, -0.25) is 14.6 Å². The van der Waals surface area contributed by atoms with Crippen LogP contribution in [0.1, 0.15) is 25.5 Å². The van der Waals surface area contributed by atoms with Crippen LogP contribution in [0, 0.1) is 0 Å². The zero-order valence-electron chi connectivity index (χ0n) is 11.9. The van der Waals surface area contributed by atoms with Gasteiger partial charge in [-0.05, 0) is 25.5 Å². The zero-order valence-corrected chi connectivity index (χ0v) is 12.7. The summed E-state index contributed by atoms with van der Waals surface area (Å²) in [6, 6.07) is 7.75. The SMILES string of the molecule is CC(C(=O)O)N1CCN(C(C)c2ccccc2Cl)CC1. The van der Waals surface area contributed by atoms with Crippen molar-refractivity contribution < 1.29 is 9.90 Å². The Morgan fingerprint density at radius 2 is 1.70 bits per heavy atom. The lowest BCUT2D eigenvalue weighted by Crippen LogP contribution is -2.52. The van der Waals surface area contributed by atoms with Crippen LogP contribution in [-0.4, -0.2) is 53.1 Å². The van der Waals surface area contributed by atoms with Crippen molar-refractivity contribution in [1.29, 1.82) is 0 Å². The monoisotopic (exact) mass is 296 g/mol. The molecule has 0 bridgehead atoms. The summed E-state index contributed by atoms with van der Waals surface area (Å²) in [4.78, 5) is 15.4. The summed E-state index contributed by atoms with van der Waals surface area (Å²) in [7, 11) is 0. The minimum Gasteiger partial charge on any atom is -0.480 e. The Morgan fingerprint density at radius 1 is 1.15 bits per heavy atom. The normalized spacial score (nSPS) is 20.6. The van der Waals surface area contributed by atoms with E-state index in [0.29, 0.717) is 0 Å². The number of piperazine rings is 1. The lowest BCUT2D eigenvalue weighted by molar-refractivity contribution is -0.143. The molecular formula is C15H21ClN2O2. The van der Waals surface area contributed by atoms with E-state index in [4.69, 9.17) is 16.7 Å². The molecule has 0 amide bonds. The number of carbonyl (C=O) groups is 1. The molecule has 1 heterocycles. The number of hydrogen-bond acceptors (Lipinski definition) is 3. The van der Waals surface area contributed by atoms with Crippen molar-refractivity contribution in [3.63, 3.8) is 0 Å². The third kappa shape index (κ3) is 3.32. The molecule has 1 fully saturated rings. The Morgan fingerprint density at radius 3 is 2.25 bits per heavy atom. The summed E-state index contributed by atoms with van der Waals surface area (Å²) < 4.78 is 0. The highest BCUT2D eigenvalue weighted by atomic mass is 35.5. The zero-order chi connectivity index (χ0) is 14.7. The van der Waals surface area contributed by atoms with Gasteiger partial charge >= 0.3 is 5.97 Å². The molecule has 0 radical (unpaired) electrons. The molecule has 2 atom stereocenters. The predicted molar refractivity (Wildman–Crippen MR) is 80.1 cm³/mol. The van der Waals surface area contributed by atoms with Gasteiger partial charge < -0.3 is 5.11 Å². The molecule has 2 unspecified atom stereocenters. The summed E-state index contributed by atoms with van der Waals surface area (Å²) in [5.41, 5.74) is 1.13. The van der Waals surface area contributed by atoms with Crippen molar-refractivity contribution >= 4 is 17.6 Å². The summed E-state index contributed by atoms with van der Waals surface area (Å²) >= 11 is 6.24. The molecule has 1 aromatic rings. The maximum absolute atomic E-state index is 11.0. The first-order valence-corrected chi connectivity index (χ1v) is 7.34. The second-order valence-corrected chi connectivity index (χ2v) is 5.69. The average Bonchev–Trinajstić information content (AvgIpc) is 2.46. The molecule has 110 valence electrons. The Labute approximate surface area is 124 Å². The van der Waals surface area contributed by atoms with Crippen molar-refractivity contribution in [3.8, 4) is 0 Å². The minimum absolute atomic E-state index is 0.256. The molecule has 1 saturated heterocycles. The molecule has 1 aromatic carbocycles. The van der Waals surface area contributed by atoms with Crippen LogP contribution < -0.4 is 0 Å². The van der Waals surface area contributed by atoms with Gasteiger partial charge in [-0.2, -0.15) is 0 Å². The largest absolute Gasteiger partial charge is 0.480 e. The summed E-state index contributed by atoms with van der Waals surface area (Å²) in [6.45, 7) is 7.19. The van der Waals surface area contributed by atoms with Crippen molar-refractivity contribution in [3.05, 3.63) is 34.9 Å². The number of rotatable bonds is 4. The van der Waals surface area contributed by atoms with Crippen molar-refractivity contribution in [2.45, 2.75) is 25.9 Å². The highest BCUT2D eigenvalue weighted by molar-refractivity contribution is 6.31. The first-order chi connectivity index (χ1) is 9.50. The lowest BCUT2D eigenvalue weighted by Gasteiger charge is -2.39. The van der Waals surface area contributed by atoms with Gasteiger partial charge in [0.15, 0.2) is 0 Å². The number of hydrogen-bond donors (Lipinski definition) is 1. The molecule has 0 aliphatic carbocycles. The molecule has 4 nitrogen and oxygen atoms in total. The second kappa shape index (κ2) is 6.57. The van der Waals surface area contributed by atoms with Gasteiger partial charge in [0.2, 0.25) is 0 Å². The van der Waals surface area contributed by atoms with Crippen LogP contribution in [0.5, 0.6) is 0 Å². The Balaban J connectivity index is 1.97. The molecule has 0 aromatic heterocycles. The summed E-state index contributed by atoms with van der Waals surface area (Å²) in [6.07, 6.45) is 0. The van der Waals surface area contributed by atoms with E-state index in [-0.39, 0.29) is 6.04 Å². The lowest BCUT2D eigenvalue weighted by atomic mass is 10.1. The van der Waals surface area contributed by atoms with Crippen LogP contribution in [0.2, 0.25) is 5.02 Å². The van der Waals surface area contributed by atoms with Crippen LogP contribution in [-0.2, 0) is 4.79 Å². The van der Waals surface area contributed by atoms with Gasteiger partial charge in [0.25, 0.3) is 0 Å². The van der Waals surface area contributed by atoms with Gasteiger partial charge in [0.1, 0.15) is 6.04 Å². The fourth-order valence-corrected chi connectivity index (χ4v) is 2.97. The van der Waals surface area contributed by atoms with Crippen LogP contribution >= 0.6 is 11.6 Å². The first-order valence-electron chi connectivity index (χ1n) is 6.96. The van der Waals surface area contributed by atoms with E-state index < -0.39 is 12.0 Å². The van der Waals surface area contributed by atoms with E-state index in [2.05, 4.69) is 17.9 Å². The smallest absolute Gasteiger partial charge is 0.320 e. The van der Waals surface area contributed by atoms with Crippen LogP contribution in [0.15, 0.2) is 24.3 Å². The Bertz CT molecular complexity index is 473. The Hall–Kier alpha value is -1.10. The summed E-state index contributed by atoms with van der Waals surface area (Å²) in [5, 5.41) is 9.84. The van der Waals surface area contributed by atoms with E-state index in [1.54, 1.807) is 6.92 Å². The molecule has 0 spiro atoms. The number of halogens is 1. The van der Waals surface area contributed by atoms with Gasteiger partial charge in [0.05, 0.1) is 0 Å². The van der Waals surface area contributed by atoms with Gasteiger partial charge in [0, 0.05) is 37.2 Å². The van der Waals surface area contributed by atoms with Crippen LogP contribution in [0.3, 0.4) is 0 Å². The third-order valence-electron chi connectivity index (χ3n) is 4.16. The maximum Gasteiger partial charge on any atom is 0.320 e. The fourth-order valence-electron chi connectivity index (χ4n) is 2.68. The molecule has 1 aliphatic rings. The molecule has 5 heteroatoms. The molecular weight excluding hydrogens is 276 g/mol. The molecule has 1 aliphatic heterocycles. The standard InChI is InChI=1S/C15H21ClN2O2/c1-11(13-5-3-4-6-14(13)16)17-7-9-18(10-8-17)12(2)15(19)20/h3-6,11-12H,7-10H2,1-2H3,(H,19,20). The van der Waals surface area contributed by atoms with Gasteiger partial charge in [-0.15, -0.1) is 0 Å². The topological polar surface area (TPSA) is 43.8 Å². The van der Waals surface area contributed by atoms with E-state index in [1.165, 1.54) is 0 Å². The molecule has 2 rings (SSSR count). The fraction of sp³-hybridized carbons (Fsp3) is 0.533. The Kier molecular flexibility index (Phi) is 5.02. The number of nitrogens with zero attached hydrogens (tertiary/aromatic N) is 2. The van der Waals surface area contributed by atoms with Crippen molar-refractivity contribution in [2.24, 2.45) is 0 Å². The summed E-state index contributed by atoms with van der Waals surface area (Å²) in [5.74, 6) is -0.752. The predicted octanol–water partition coefficient (Wildman–Crippen LogP) is 2.49. The first kappa shape index (κ1) is 15.3. The van der Waals surface area contributed by atoms with Crippen molar-refractivity contribution in [2.75, 3.05) is 26.2 Å². The number of benzene rings is 1. The van der Waals surface area contributed by atoms with E-state index in [0.717, 1.165) is 36.8 Å². The van der Waals surface area contributed by atoms with E-state index >= 15 is 0 Å². The molecule has 0 saturated carbocycles. The van der Waals surface area contributed by atoms with E-state index in [9.17, 15) is 4.79 Å². The molecule has 20 heavy (non-hydrogen) atoms. The van der Waals surface area contributed by atoms with Crippen LogP contribution in [0.25, 0.3) is 0 Å². The minimum atomic E-state index is -0.752. The number of carboxylic acid groups (broad SMARTS) is 1. The highest BCUT2D eigenvalue weighted by Gasteiger charge is 2.27. The van der Waals surface area contributed by atoms with Gasteiger partial charge in [-0.25, -0.2) is 0 Å². The average molecular weight is 297 g/mol. The highest BCUT2D eigenvalue weighted by Crippen LogP contribution is 2.27. The van der Waals surface area contributed by atoms with Crippen molar-refractivity contribution in [1.82, 2.24) is 9.80 Å². The molecule has 1 N–H and O–H groups in total. The van der Waals surface area contributed by atoms with Gasteiger partial charge in [-0.1, -0.05) is 29.8 Å². The third-order valence-corrected chi connectivity index (χ3v) is 4.50. The maximum atomic E-state index is 11.0. The number of carboxylic acids is 1. The number of aliphatic carboxylic acids is 1.